The van der Waals surface area contributed by atoms with E-state index in [9.17, 15) is 4.79 Å². The molecular formula is C15H11Cl2NO2S2. The van der Waals surface area contributed by atoms with Crippen LogP contribution in [-0.4, -0.2) is 10.8 Å². The van der Waals surface area contributed by atoms with Crippen LogP contribution in [0.3, 0.4) is 0 Å². The SMILES string of the molecule is O=C(c1cc(Cl)sc1Cl)N(Cc1ccco1)Cc1cccs1. The van der Waals surface area contributed by atoms with Gasteiger partial charge in [0.1, 0.15) is 10.1 Å². The highest BCUT2D eigenvalue weighted by atomic mass is 35.5. The van der Waals surface area contributed by atoms with Gasteiger partial charge in [0.25, 0.3) is 5.91 Å². The lowest BCUT2D eigenvalue weighted by Gasteiger charge is -2.20. The highest BCUT2D eigenvalue weighted by Crippen LogP contribution is 2.32. The first-order chi connectivity index (χ1) is 10.6. The Hall–Kier alpha value is -1.27. The maximum absolute atomic E-state index is 12.8. The molecule has 114 valence electrons. The number of thiophene rings is 2. The first-order valence-electron chi connectivity index (χ1n) is 6.42. The summed E-state index contributed by atoms with van der Waals surface area (Å²) in [6.45, 7) is 0.883. The maximum atomic E-state index is 12.8. The molecule has 1 amide bonds. The molecule has 0 saturated heterocycles. The van der Waals surface area contributed by atoms with E-state index in [-0.39, 0.29) is 5.91 Å². The number of rotatable bonds is 5. The van der Waals surface area contributed by atoms with E-state index in [1.165, 1.54) is 11.3 Å². The van der Waals surface area contributed by atoms with Crippen molar-refractivity contribution in [3.8, 4) is 0 Å². The minimum atomic E-state index is -0.155. The van der Waals surface area contributed by atoms with E-state index < -0.39 is 0 Å². The van der Waals surface area contributed by atoms with Crippen LogP contribution in [0.25, 0.3) is 0 Å². The van der Waals surface area contributed by atoms with Gasteiger partial charge < -0.3 is 9.32 Å². The van der Waals surface area contributed by atoms with Crippen LogP contribution >= 0.6 is 45.9 Å². The van der Waals surface area contributed by atoms with Crippen molar-refractivity contribution in [2.75, 3.05) is 0 Å². The van der Waals surface area contributed by atoms with Crippen molar-refractivity contribution < 1.29 is 9.21 Å². The molecule has 0 spiro atoms. The summed E-state index contributed by atoms with van der Waals surface area (Å²) in [4.78, 5) is 15.6. The Morgan fingerprint density at radius 1 is 1.23 bits per heavy atom. The van der Waals surface area contributed by atoms with E-state index in [1.54, 1.807) is 34.6 Å². The molecular weight excluding hydrogens is 361 g/mol. The van der Waals surface area contributed by atoms with Crippen molar-refractivity contribution in [1.29, 1.82) is 0 Å². The molecule has 0 bridgehead atoms. The van der Waals surface area contributed by atoms with E-state index in [2.05, 4.69) is 0 Å². The Morgan fingerprint density at radius 2 is 2.09 bits per heavy atom. The third-order valence-electron chi connectivity index (χ3n) is 3.03. The average molecular weight is 372 g/mol. The third-order valence-corrected chi connectivity index (χ3v) is 5.38. The minimum Gasteiger partial charge on any atom is -0.467 e. The molecule has 22 heavy (non-hydrogen) atoms. The fraction of sp³-hybridized carbons (Fsp3) is 0.133. The van der Waals surface area contributed by atoms with Gasteiger partial charge in [-0.3, -0.25) is 4.79 Å². The summed E-state index contributed by atoms with van der Waals surface area (Å²) in [5, 5.41) is 1.99. The molecule has 0 unspecified atom stereocenters. The van der Waals surface area contributed by atoms with Crippen LogP contribution in [0.2, 0.25) is 8.67 Å². The molecule has 0 N–H and O–H groups in total. The Kier molecular flexibility index (Phi) is 4.88. The summed E-state index contributed by atoms with van der Waals surface area (Å²) in [5.41, 5.74) is 0.430. The quantitative estimate of drug-likeness (QED) is 0.588. The van der Waals surface area contributed by atoms with E-state index in [4.69, 9.17) is 27.6 Å². The monoisotopic (exact) mass is 371 g/mol. The van der Waals surface area contributed by atoms with Gasteiger partial charge in [0, 0.05) is 4.88 Å². The lowest BCUT2D eigenvalue weighted by atomic mass is 10.2. The van der Waals surface area contributed by atoms with E-state index >= 15 is 0 Å². The smallest absolute Gasteiger partial charge is 0.257 e. The number of amides is 1. The second kappa shape index (κ2) is 6.87. The molecule has 0 aliphatic rings. The summed E-state index contributed by atoms with van der Waals surface area (Å²) in [6.07, 6.45) is 1.59. The largest absolute Gasteiger partial charge is 0.467 e. The molecule has 3 nitrogen and oxygen atoms in total. The highest BCUT2D eigenvalue weighted by Gasteiger charge is 2.22. The first kappa shape index (κ1) is 15.6. The summed E-state index contributed by atoms with van der Waals surface area (Å²) in [5.74, 6) is 0.570. The van der Waals surface area contributed by atoms with Gasteiger partial charge in [0.15, 0.2) is 0 Å². The van der Waals surface area contributed by atoms with Crippen molar-refractivity contribution in [3.63, 3.8) is 0 Å². The lowest BCUT2D eigenvalue weighted by Crippen LogP contribution is -2.29. The fourth-order valence-electron chi connectivity index (χ4n) is 2.04. The van der Waals surface area contributed by atoms with Crippen molar-refractivity contribution in [1.82, 2.24) is 4.90 Å². The number of halogens is 2. The van der Waals surface area contributed by atoms with Gasteiger partial charge in [-0.2, -0.15) is 0 Å². The molecule has 0 aromatic carbocycles. The summed E-state index contributed by atoms with van der Waals surface area (Å²) in [7, 11) is 0. The Bertz CT molecular complexity index is 714. The van der Waals surface area contributed by atoms with Gasteiger partial charge in [-0.1, -0.05) is 29.3 Å². The van der Waals surface area contributed by atoms with Crippen LogP contribution in [0.1, 0.15) is 21.0 Å². The molecule has 0 radical (unpaired) electrons. The fourth-order valence-corrected chi connectivity index (χ4v) is 4.20. The van der Waals surface area contributed by atoms with E-state index in [1.807, 2.05) is 23.6 Å². The first-order valence-corrected chi connectivity index (χ1v) is 8.87. The predicted molar refractivity (Wildman–Crippen MR) is 90.9 cm³/mol. The Labute approximate surface area is 145 Å². The zero-order valence-corrected chi connectivity index (χ0v) is 14.4. The Balaban J connectivity index is 1.86. The number of hydrogen-bond donors (Lipinski definition) is 0. The zero-order chi connectivity index (χ0) is 15.5. The van der Waals surface area contributed by atoms with Crippen molar-refractivity contribution in [2.45, 2.75) is 13.1 Å². The second-order valence-corrected chi connectivity index (χ2v) is 7.88. The van der Waals surface area contributed by atoms with Crippen LogP contribution in [0.15, 0.2) is 46.4 Å². The van der Waals surface area contributed by atoms with Crippen LogP contribution in [0, 0.1) is 0 Å². The van der Waals surface area contributed by atoms with Crippen molar-refractivity contribution >= 4 is 51.8 Å². The number of carbonyl (C=O) groups is 1. The third kappa shape index (κ3) is 3.55. The molecule has 0 saturated carbocycles. The van der Waals surface area contributed by atoms with E-state index in [0.717, 1.165) is 10.6 Å². The molecule has 3 heterocycles. The second-order valence-electron chi connectivity index (χ2n) is 4.56. The standard InChI is InChI=1S/C15H11Cl2NO2S2/c16-13-7-12(14(17)22-13)15(19)18(8-10-3-1-5-20-10)9-11-4-2-6-21-11/h1-7H,8-9H2. The molecule has 0 atom stereocenters. The highest BCUT2D eigenvalue weighted by molar-refractivity contribution is 7.20. The molecule has 0 aliphatic heterocycles. The zero-order valence-electron chi connectivity index (χ0n) is 11.3. The van der Waals surface area contributed by atoms with Gasteiger partial charge in [-0.05, 0) is 29.6 Å². The maximum Gasteiger partial charge on any atom is 0.257 e. The molecule has 0 fully saturated rings. The van der Waals surface area contributed by atoms with Gasteiger partial charge in [-0.25, -0.2) is 0 Å². The molecule has 3 rings (SSSR count). The minimum absolute atomic E-state index is 0.155. The normalized spacial score (nSPS) is 10.8. The molecule has 7 heteroatoms. The van der Waals surface area contributed by atoms with Gasteiger partial charge in [-0.15, -0.1) is 22.7 Å². The van der Waals surface area contributed by atoms with Crippen LogP contribution in [-0.2, 0) is 13.1 Å². The summed E-state index contributed by atoms with van der Waals surface area (Å²) < 4.78 is 6.27. The lowest BCUT2D eigenvalue weighted by molar-refractivity contribution is 0.0720. The van der Waals surface area contributed by atoms with Crippen molar-refractivity contribution in [2.24, 2.45) is 0 Å². The summed E-state index contributed by atoms with van der Waals surface area (Å²) >= 11 is 14.9. The number of furan rings is 1. The van der Waals surface area contributed by atoms with E-state index in [0.29, 0.717) is 27.3 Å². The van der Waals surface area contributed by atoms with Gasteiger partial charge in [0.2, 0.25) is 0 Å². The summed E-state index contributed by atoms with van der Waals surface area (Å²) in [6, 6.07) is 9.22. The Morgan fingerprint density at radius 3 is 2.68 bits per heavy atom. The molecule has 0 aliphatic carbocycles. The van der Waals surface area contributed by atoms with Gasteiger partial charge in [0.05, 0.1) is 29.3 Å². The van der Waals surface area contributed by atoms with Crippen LogP contribution < -0.4 is 0 Å². The number of carbonyl (C=O) groups excluding carboxylic acids is 1. The van der Waals surface area contributed by atoms with Crippen LogP contribution in [0.4, 0.5) is 0 Å². The van der Waals surface area contributed by atoms with Crippen LogP contribution in [0.5, 0.6) is 0 Å². The molecule has 3 aromatic heterocycles. The average Bonchev–Trinajstić information content (AvgIpc) is 3.20. The molecule has 3 aromatic rings. The topological polar surface area (TPSA) is 33.5 Å². The van der Waals surface area contributed by atoms with Gasteiger partial charge >= 0.3 is 0 Å². The predicted octanol–water partition coefficient (Wildman–Crippen LogP) is 5.55. The number of nitrogens with zero attached hydrogens (tertiary/aromatic N) is 1. The van der Waals surface area contributed by atoms with Crippen molar-refractivity contribution in [3.05, 3.63) is 66.8 Å². The number of hydrogen-bond acceptors (Lipinski definition) is 4.